The van der Waals surface area contributed by atoms with E-state index in [1.807, 2.05) is 11.9 Å². The first kappa shape index (κ1) is 16.7. The molecular formula is C15H26N2O3. The second-order valence-corrected chi connectivity index (χ2v) is 6.39. The molecule has 0 saturated carbocycles. The highest BCUT2D eigenvalue weighted by Gasteiger charge is 2.23. The Balaban J connectivity index is 2.59. The third kappa shape index (κ3) is 4.34. The van der Waals surface area contributed by atoms with Gasteiger partial charge in [-0.15, -0.1) is 0 Å². The summed E-state index contributed by atoms with van der Waals surface area (Å²) in [7, 11) is 3.46. The first-order valence-electron chi connectivity index (χ1n) is 7.05. The zero-order valence-electron chi connectivity index (χ0n) is 13.2. The number of methoxy groups -OCH3 is 1. The molecule has 1 aromatic carbocycles. The van der Waals surface area contributed by atoms with Gasteiger partial charge in [-0.1, -0.05) is 20.8 Å². The molecule has 1 N–H and O–H groups in total. The molecule has 0 aromatic heterocycles. The minimum Gasteiger partial charge on any atom is -0.383 e. The van der Waals surface area contributed by atoms with Crippen LogP contribution in [0.15, 0.2) is 9.59 Å². The average Bonchev–Trinajstić information content (AvgIpc) is 2.35. The van der Waals surface area contributed by atoms with Crippen LogP contribution in [0.3, 0.4) is 0 Å². The first-order chi connectivity index (χ1) is 9.28. The minimum absolute atomic E-state index is 0.286. The summed E-state index contributed by atoms with van der Waals surface area (Å²) in [4.78, 5) is 25.1. The summed E-state index contributed by atoms with van der Waals surface area (Å²) in [6.45, 7) is 8.41. The van der Waals surface area contributed by atoms with Gasteiger partial charge in [-0.2, -0.15) is 0 Å². The summed E-state index contributed by atoms with van der Waals surface area (Å²) in [5, 5.41) is 2.98. The van der Waals surface area contributed by atoms with E-state index < -0.39 is 5.43 Å². The molecule has 0 spiro atoms. The Kier molecular flexibility index (Phi) is 5.74. The number of nitrogens with one attached hydrogen (secondary N) is 1. The van der Waals surface area contributed by atoms with Crippen LogP contribution in [0.25, 0.3) is 0 Å². The van der Waals surface area contributed by atoms with E-state index in [0.29, 0.717) is 24.5 Å². The van der Waals surface area contributed by atoms with E-state index in [2.05, 4.69) is 26.1 Å². The Labute approximate surface area is 120 Å². The molecule has 1 aromatic rings. The van der Waals surface area contributed by atoms with Crippen molar-refractivity contribution in [3.05, 3.63) is 20.4 Å². The van der Waals surface area contributed by atoms with Crippen molar-refractivity contribution in [3.63, 3.8) is 0 Å². The predicted molar refractivity (Wildman–Crippen MR) is 83.7 cm³/mol. The van der Waals surface area contributed by atoms with Crippen LogP contribution in [0.1, 0.15) is 33.6 Å². The Morgan fingerprint density at radius 1 is 1.20 bits per heavy atom. The van der Waals surface area contributed by atoms with Crippen LogP contribution >= 0.6 is 0 Å². The van der Waals surface area contributed by atoms with Crippen LogP contribution in [-0.2, 0) is 4.74 Å². The first-order valence-corrected chi connectivity index (χ1v) is 7.05. The second kappa shape index (κ2) is 6.88. The van der Waals surface area contributed by atoms with Crippen molar-refractivity contribution in [1.82, 2.24) is 0 Å². The lowest BCUT2D eigenvalue weighted by Crippen LogP contribution is -2.42. The van der Waals surface area contributed by atoms with E-state index in [0.717, 1.165) is 19.4 Å². The summed E-state index contributed by atoms with van der Waals surface area (Å²) in [6, 6.07) is 0. The summed E-state index contributed by atoms with van der Waals surface area (Å²) < 4.78 is 4.93. The van der Waals surface area contributed by atoms with E-state index in [-0.39, 0.29) is 10.8 Å². The quantitative estimate of drug-likeness (QED) is 0.580. The lowest BCUT2D eigenvalue weighted by atomic mass is 9.90. The molecule has 0 aliphatic heterocycles. The van der Waals surface area contributed by atoms with Crippen molar-refractivity contribution in [2.75, 3.05) is 44.1 Å². The van der Waals surface area contributed by atoms with Crippen molar-refractivity contribution in [1.29, 1.82) is 0 Å². The molecule has 0 aliphatic rings. The van der Waals surface area contributed by atoms with Crippen LogP contribution in [0, 0.1) is 5.41 Å². The Hall–Kier alpha value is -1.36. The molecule has 0 radical (unpaired) electrons. The maximum Gasteiger partial charge on any atom is 0.253 e. The number of ether oxygens (including phenoxy) is 1. The zero-order valence-corrected chi connectivity index (χ0v) is 13.2. The van der Waals surface area contributed by atoms with Gasteiger partial charge in [0.05, 0.1) is 6.61 Å². The third-order valence-electron chi connectivity index (χ3n) is 3.30. The number of nitrogens with zero attached hydrogens (tertiary/aromatic N) is 1. The van der Waals surface area contributed by atoms with Gasteiger partial charge in [0.15, 0.2) is 0 Å². The molecule has 0 aliphatic carbocycles. The van der Waals surface area contributed by atoms with Crippen molar-refractivity contribution < 1.29 is 4.74 Å². The van der Waals surface area contributed by atoms with Crippen LogP contribution in [0.2, 0.25) is 0 Å². The van der Waals surface area contributed by atoms with Gasteiger partial charge in [0, 0.05) is 27.2 Å². The smallest absolute Gasteiger partial charge is 0.253 e. The Morgan fingerprint density at radius 2 is 1.85 bits per heavy atom. The van der Waals surface area contributed by atoms with Gasteiger partial charge in [0.1, 0.15) is 11.4 Å². The normalized spacial score (nSPS) is 11.8. The van der Waals surface area contributed by atoms with Crippen molar-refractivity contribution in [2.24, 2.45) is 5.41 Å². The van der Waals surface area contributed by atoms with Crippen LogP contribution in [0.4, 0.5) is 11.4 Å². The van der Waals surface area contributed by atoms with Gasteiger partial charge in [-0.05, 0) is 18.3 Å². The SMILES string of the molecule is COCCNc1c(N(C)CCCC(C)(C)C)c(=O)c1=O. The van der Waals surface area contributed by atoms with Gasteiger partial charge >= 0.3 is 0 Å². The van der Waals surface area contributed by atoms with E-state index in [1.54, 1.807) is 7.11 Å². The molecule has 0 saturated heterocycles. The fraction of sp³-hybridized carbons (Fsp3) is 0.733. The average molecular weight is 282 g/mol. The minimum atomic E-state index is -0.418. The molecule has 0 unspecified atom stereocenters. The highest BCUT2D eigenvalue weighted by Crippen LogP contribution is 2.23. The third-order valence-corrected chi connectivity index (χ3v) is 3.30. The fourth-order valence-corrected chi connectivity index (χ4v) is 2.14. The zero-order chi connectivity index (χ0) is 15.3. The van der Waals surface area contributed by atoms with E-state index in [1.165, 1.54) is 0 Å². The largest absolute Gasteiger partial charge is 0.383 e. The standard InChI is InChI=1S/C15H26N2O3/c1-15(2,3)7-6-9-17(4)12-11(13(18)14(12)19)16-8-10-20-5/h16H,6-10H2,1-5H3. The van der Waals surface area contributed by atoms with Gasteiger partial charge < -0.3 is 15.0 Å². The van der Waals surface area contributed by atoms with E-state index in [9.17, 15) is 9.59 Å². The van der Waals surface area contributed by atoms with Crippen molar-refractivity contribution in [3.8, 4) is 0 Å². The monoisotopic (exact) mass is 282 g/mol. The molecule has 0 heterocycles. The van der Waals surface area contributed by atoms with E-state index in [4.69, 9.17) is 4.74 Å². The maximum atomic E-state index is 11.7. The number of anilines is 2. The van der Waals surface area contributed by atoms with Crippen molar-refractivity contribution in [2.45, 2.75) is 33.6 Å². The van der Waals surface area contributed by atoms with E-state index >= 15 is 0 Å². The second-order valence-electron chi connectivity index (χ2n) is 6.39. The maximum absolute atomic E-state index is 11.7. The van der Waals surface area contributed by atoms with Gasteiger partial charge in [-0.3, -0.25) is 9.59 Å². The summed E-state index contributed by atoms with van der Waals surface area (Å²) in [5.41, 5.74) is 0.432. The molecule has 114 valence electrons. The topological polar surface area (TPSA) is 58.6 Å². The fourth-order valence-electron chi connectivity index (χ4n) is 2.14. The molecule has 0 atom stereocenters. The predicted octanol–water partition coefficient (Wildman–Crippen LogP) is 1.60. The molecule has 0 amide bonds. The lowest BCUT2D eigenvalue weighted by molar-refractivity contribution is 0.210. The van der Waals surface area contributed by atoms with Crippen LogP contribution < -0.4 is 21.1 Å². The summed E-state index contributed by atoms with van der Waals surface area (Å²) in [5.74, 6) is 0. The molecule has 1 rings (SSSR count). The molecule has 5 nitrogen and oxygen atoms in total. The van der Waals surface area contributed by atoms with Crippen LogP contribution in [-0.4, -0.2) is 33.9 Å². The van der Waals surface area contributed by atoms with Gasteiger partial charge in [-0.25, -0.2) is 0 Å². The van der Waals surface area contributed by atoms with Crippen molar-refractivity contribution >= 4 is 11.4 Å². The Bertz CT molecular complexity index is 496. The molecule has 20 heavy (non-hydrogen) atoms. The Morgan fingerprint density at radius 3 is 2.40 bits per heavy atom. The summed E-state index contributed by atoms with van der Waals surface area (Å²) in [6.07, 6.45) is 2.08. The van der Waals surface area contributed by atoms with Crippen LogP contribution in [0.5, 0.6) is 0 Å². The molecule has 5 heteroatoms. The van der Waals surface area contributed by atoms with Gasteiger partial charge in [0.25, 0.3) is 10.9 Å². The molecular weight excluding hydrogens is 256 g/mol. The molecule has 0 fully saturated rings. The highest BCUT2D eigenvalue weighted by molar-refractivity contribution is 5.74. The number of hydrogen-bond acceptors (Lipinski definition) is 5. The lowest BCUT2D eigenvalue weighted by Gasteiger charge is -2.25. The number of rotatable bonds is 8. The number of hydrogen-bond donors (Lipinski definition) is 1. The molecule has 0 bridgehead atoms. The highest BCUT2D eigenvalue weighted by atomic mass is 16.5. The summed E-state index contributed by atoms with van der Waals surface area (Å²) >= 11 is 0. The van der Waals surface area contributed by atoms with Gasteiger partial charge in [0.2, 0.25) is 0 Å².